The molecule has 2 aromatic heterocycles. The van der Waals surface area contributed by atoms with Gasteiger partial charge in [0.05, 0.1) is 30.0 Å². The van der Waals surface area contributed by atoms with Crippen molar-refractivity contribution >= 4 is 22.8 Å². The number of ether oxygens (including phenoxy) is 1. The third-order valence-electron chi connectivity index (χ3n) is 8.67. The largest absolute Gasteiger partial charge is 0.457 e. The van der Waals surface area contributed by atoms with Gasteiger partial charge in [0.2, 0.25) is 11.8 Å². The van der Waals surface area contributed by atoms with Crippen LogP contribution in [0.2, 0.25) is 0 Å². The molecule has 0 spiro atoms. The van der Waals surface area contributed by atoms with Crippen LogP contribution in [0.3, 0.4) is 0 Å². The fraction of sp³-hybridized carbons (Fsp3) is 0.364. The first kappa shape index (κ1) is 29.7. The van der Waals surface area contributed by atoms with Crippen molar-refractivity contribution in [3.8, 4) is 11.5 Å². The van der Waals surface area contributed by atoms with Gasteiger partial charge in [0.15, 0.2) is 0 Å². The molecule has 0 aliphatic carbocycles. The lowest BCUT2D eigenvalue weighted by molar-refractivity contribution is -0.141. The van der Waals surface area contributed by atoms with Gasteiger partial charge >= 0.3 is 6.18 Å². The second-order valence-corrected chi connectivity index (χ2v) is 11.4. The van der Waals surface area contributed by atoms with E-state index in [2.05, 4.69) is 9.97 Å². The van der Waals surface area contributed by atoms with Crippen molar-refractivity contribution in [3.63, 3.8) is 0 Å². The molecule has 1 fully saturated rings. The molecule has 2 aromatic carbocycles. The fourth-order valence-corrected chi connectivity index (χ4v) is 6.16. The SMILES string of the molecule is CCN1CCN(Cc2ccc(CC(=O)N3CCc4ccc(Oc5ccnc6[nH]ccc56)cc4[C@@H]3C)cc2C(F)(F)F)C(=O)C1. The monoisotopic (exact) mass is 605 g/mol. The molecule has 1 atom stereocenters. The van der Waals surface area contributed by atoms with Crippen molar-refractivity contribution in [2.45, 2.75) is 45.5 Å². The molecule has 44 heavy (non-hydrogen) atoms. The van der Waals surface area contributed by atoms with Crippen LogP contribution in [0.4, 0.5) is 13.2 Å². The van der Waals surface area contributed by atoms with Crippen LogP contribution in [0.15, 0.2) is 60.9 Å². The summed E-state index contributed by atoms with van der Waals surface area (Å²) >= 11 is 0. The lowest BCUT2D eigenvalue weighted by Crippen LogP contribution is -2.49. The smallest absolute Gasteiger partial charge is 0.416 e. The lowest BCUT2D eigenvalue weighted by Gasteiger charge is -2.36. The Kier molecular flexibility index (Phi) is 8.06. The third-order valence-corrected chi connectivity index (χ3v) is 8.67. The van der Waals surface area contributed by atoms with Crippen LogP contribution in [-0.4, -0.2) is 69.2 Å². The maximum atomic E-state index is 14.2. The molecule has 0 bridgehead atoms. The van der Waals surface area contributed by atoms with Crippen molar-refractivity contribution in [2.75, 3.05) is 32.7 Å². The van der Waals surface area contributed by atoms with Gasteiger partial charge in [-0.2, -0.15) is 13.2 Å². The summed E-state index contributed by atoms with van der Waals surface area (Å²) in [7, 11) is 0. The summed E-state index contributed by atoms with van der Waals surface area (Å²) in [6, 6.07) is 13.3. The lowest BCUT2D eigenvalue weighted by atomic mass is 9.92. The van der Waals surface area contributed by atoms with Crippen molar-refractivity contribution < 1.29 is 27.5 Å². The van der Waals surface area contributed by atoms with Crippen LogP contribution < -0.4 is 4.74 Å². The van der Waals surface area contributed by atoms with Gasteiger partial charge in [-0.05, 0) is 72.5 Å². The molecule has 230 valence electrons. The number of fused-ring (bicyclic) bond motifs is 2. The number of aromatic amines is 1. The number of nitrogens with one attached hydrogen (secondary N) is 1. The van der Waals surface area contributed by atoms with Crippen LogP contribution in [-0.2, 0) is 35.2 Å². The topological polar surface area (TPSA) is 81.8 Å². The molecular formula is C33H34F3N5O3. The zero-order chi connectivity index (χ0) is 31.0. The maximum absolute atomic E-state index is 14.2. The van der Waals surface area contributed by atoms with Crippen molar-refractivity contribution in [3.05, 3.63) is 88.7 Å². The highest BCUT2D eigenvalue weighted by Gasteiger charge is 2.35. The van der Waals surface area contributed by atoms with E-state index in [0.29, 0.717) is 37.6 Å². The van der Waals surface area contributed by atoms with Crippen LogP contribution >= 0.6 is 0 Å². The zero-order valence-corrected chi connectivity index (χ0v) is 24.7. The number of halogens is 3. The maximum Gasteiger partial charge on any atom is 0.416 e. The number of amides is 2. The number of benzene rings is 2. The van der Waals surface area contributed by atoms with Crippen molar-refractivity contribution in [1.29, 1.82) is 0 Å². The summed E-state index contributed by atoms with van der Waals surface area (Å²) in [5, 5.41) is 0.852. The number of likely N-dealkylation sites (N-methyl/N-ethyl adjacent to an activating group) is 1. The number of rotatable bonds is 7. The zero-order valence-electron chi connectivity index (χ0n) is 24.7. The first-order chi connectivity index (χ1) is 21.1. The molecule has 0 radical (unpaired) electrons. The van der Waals surface area contributed by atoms with Gasteiger partial charge in [0.1, 0.15) is 17.1 Å². The molecule has 2 aliphatic heterocycles. The average molecular weight is 606 g/mol. The standard InChI is InChI=1S/C33H34F3N5O3/c1-3-39-14-15-40(31(43)20-39)19-24-5-4-22(16-28(24)33(34,35)36)17-30(42)41-13-10-23-6-7-25(18-27(23)21(41)2)44-29-9-12-38-32-26(29)8-11-37-32/h4-9,11-12,16,18,21H,3,10,13-15,17,19-20H2,1-2H3,(H,37,38)/t21-/m0/s1. The van der Waals surface area contributed by atoms with E-state index in [1.54, 1.807) is 29.4 Å². The van der Waals surface area contributed by atoms with Gasteiger partial charge in [-0.15, -0.1) is 0 Å². The summed E-state index contributed by atoms with van der Waals surface area (Å²) in [4.78, 5) is 38.5. The molecule has 11 heteroatoms. The summed E-state index contributed by atoms with van der Waals surface area (Å²) < 4.78 is 48.6. The molecule has 8 nitrogen and oxygen atoms in total. The highest BCUT2D eigenvalue weighted by atomic mass is 19.4. The van der Waals surface area contributed by atoms with Gasteiger partial charge in [0, 0.05) is 38.6 Å². The van der Waals surface area contributed by atoms with Crippen LogP contribution in [0.25, 0.3) is 11.0 Å². The number of piperazine rings is 1. The molecule has 2 aliphatic rings. The highest BCUT2D eigenvalue weighted by Crippen LogP contribution is 2.37. The summed E-state index contributed by atoms with van der Waals surface area (Å²) in [5.74, 6) is 0.851. The number of H-pyrrole nitrogens is 1. The van der Waals surface area contributed by atoms with E-state index < -0.39 is 11.7 Å². The van der Waals surface area contributed by atoms with E-state index in [0.717, 1.165) is 34.8 Å². The predicted molar refractivity (Wildman–Crippen MR) is 159 cm³/mol. The van der Waals surface area contributed by atoms with E-state index in [4.69, 9.17) is 4.74 Å². The predicted octanol–water partition coefficient (Wildman–Crippen LogP) is 5.73. The normalized spacial score (nSPS) is 17.7. The number of carbonyl (C=O) groups is 2. The van der Waals surface area contributed by atoms with Gasteiger partial charge < -0.3 is 19.5 Å². The highest BCUT2D eigenvalue weighted by molar-refractivity contribution is 5.83. The average Bonchev–Trinajstić information content (AvgIpc) is 3.49. The Morgan fingerprint density at radius 2 is 1.93 bits per heavy atom. The first-order valence-electron chi connectivity index (χ1n) is 14.8. The Morgan fingerprint density at radius 1 is 1.09 bits per heavy atom. The Labute approximate surface area is 253 Å². The van der Waals surface area contributed by atoms with Gasteiger partial charge in [-0.25, -0.2) is 4.98 Å². The Hall–Kier alpha value is -4.38. The molecule has 4 aromatic rings. The van der Waals surface area contributed by atoms with E-state index in [1.165, 1.54) is 11.0 Å². The van der Waals surface area contributed by atoms with Crippen LogP contribution in [0.5, 0.6) is 11.5 Å². The summed E-state index contributed by atoms with van der Waals surface area (Å²) in [6.07, 6.45) is -0.675. The Bertz CT molecular complexity index is 1700. The molecule has 2 amide bonds. The van der Waals surface area contributed by atoms with E-state index in [1.807, 2.05) is 43.0 Å². The molecule has 1 N–H and O–H groups in total. The van der Waals surface area contributed by atoms with Crippen LogP contribution in [0, 0.1) is 0 Å². The number of nitrogens with zero attached hydrogens (tertiary/aromatic N) is 4. The number of aromatic nitrogens is 2. The first-order valence-corrected chi connectivity index (χ1v) is 14.8. The third kappa shape index (κ3) is 6.01. The van der Waals surface area contributed by atoms with Crippen molar-refractivity contribution in [1.82, 2.24) is 24.7 Å². The molecule has 0 saturated carbocycles. The minimum Gasteiger partial charge on any atom is -0.457 e. The summed E-state index contributed by atoms with van der Waals surface area (Å²) in [6.45, 7) is 6.16. The fourth-order valence-electron chi connectivity index (χ4n) is 6.16. The molecule has 0 unspecified atom stereocenters. The van der Waals surface area contributed by atoms with Gasteiger partial charge in [0.25, 0.3) is 0 Å². The van der Waals surface area contributed by atoms with Crippen molar-refractivity contribution in [2.24, 2.45) is 0 Å². The minimum absolute atomic E-state index is 0.0332. The number of hydrogen-bond donors (Lipinski definition) is 1. The number of carbonyl (C=O) groups excluding carboxylic acids is 2. The van der Waals surface area contributed by atoms with E-state index >= 15 is 0 Å². The van der Waals surface area contributed by atoms with Crippen LogP contribution in [0.1, 0.15) is 47.7 Å². The quantitative estimate of drug-likeness (QED) is 0.291. The van der Waals surface area contributed by atoms with E-state index in [-0.39, 0.29) is 48.5 Å². The molecule has 4 heterocycles. The Balaban J connectivity index is 1.17. The van der Waals surface area contributed by atoms with Gasteiger partial charge in [-0.1, -0.05) is 25.1 Å². The molecular weight excluding hydrogens is 571 g/mol. The number of pyridine rings is 1. The second kappa shape index (κ2) is 12.0. The molecule has 1 saturated heterocycles. The number of hydrogen-bond acceptors (Lipinski definition) is 5. The van der Waals surface area contributed by atoms with E-state index in [9.17, 15) is 22.8 Å². The van der Waals surface area contributed by atoms with Gasteiger partial charge in [-0.3, -0.25) is 14.5 Å². The second-order valence-electron chi connectivity index (χ2n) is 11.4. The number of alkyl halides is 3. The Morgan fingerprint density at radius 3 is 2.70 bits per heavy atom. The molecule has 6 rings (SSSR count). The minimum atomic E-state index is -4.61. The summed E-state index contributed by atoms with van der Waals surface area (Å²) in [5.41, 5.74) is 2.28.